The molecule has 0 bridgehead atoms. The van der Waals surface area contributed by atoms with Crippen LogP contribution in [0.2, 0.25) is 0 Å². The molecular weight excluding hydrogens is 551 g/mol. The third-order valence-electron chi connectivity index (χ3n) is 6.06. The normalized spacial score (nSPS) is 16.1. The van der Waals surface area contributed by atoms with Gasteiger partial charge in [-0.3, -0.25) is 4.90 Å². The van der Waals surface area contributed by atoms with Crippen LogP contribution in [0.4, 0.5) is 23.7 Å². The fourth-order valence-electron chi connectivity index (χ4n) is 4.31. The van der Waals surface area contributed by atoms with Crippen LogP contribution in [0.5, 0.6) is 0 Å². The van der Waals surface area contributed by atoms with Crippen LogP contribution < -0.4 is 4.90 Å². The molecule has 10 heteroatoms. The van der Waals surface area contributed by atoms with Gasteiger partial charge in [-0.05, 0) is 62.6 Å². The maximum atomic E-state index is 13.9. The van der Waals surface area contributed by atoms with Crippen molar-refractivity contribution < 1.29 is 27.5 Å². The number of amides is 2. The van der Waals surface area contributed by atoms with Gasteiger partial charge in [-0.15, -0.1) is 0 Å². The molecule has 6 nitrogen and oxygen atoms in total. The first kappa shape index (κ1) is 28.3. The molecule has 196 valence electrons. The van der Waals surface area contributed by atoms with Crippen LogP contribution >= 0.6 is 15.9 Å². The molecule has 0 saturated carbocycles. The van der Waals surface area contributed by atoms with Gasteiger partial charge in [0.05, 0.1) is 41.1 Å². The largest absolute Gasteiger partial charge is 0.463 e. The fraction of sp³-hybridized carbons (Fsp3) is 0.370. The number of nitrogens with zero attached hydrogens (tertiary/aromatic N) is 3. The van der Waals surface area contributed by atoms with Gasteiger partial charge in [0, 0.05) is 17.6 Å². The van der Waals surface area contributed by atoms with Gasteiger partial charge in [-0.25, -0.2) is 9.59 Å². The summed E-state index contributed by atoms with van der Waals surface area (Å²) in [5.74, 6) is -0.663. The number of halogens is 4. The third-order valence-corrected chi connectivity index (χ3v) is 6.62. The molecule has 1 atom stereocenters. The van der Waals surface area contributed by atoms with Gasteiger partial charge in [-0.1, -0.05) is 40.5 Å². The number of allylic oxidation sites excluding steroid dienone is 1. The Morgan fingerprint density at radius 1 is 1.14 bits per heavy atom. The van der Waals surface area contributed by atoms with E-state index < -0.39 is 29.8 Å². The van der Waals surface area contributed by atoms with E-state index in [9.17, 15) is 28.0 Å². The van der Waals surface area contributed by atoms with Gasteiger partial charge in [-0.2, -0.15) is 18.4 Å². The van der Waals surface area contributed by atoms with Crippen LogP contribution in [0, 0.1) is 11.3 Å². The quantitative estimate of drug-likeness (QED) is 0.183. The van der Waals surface area contributed by atoms with Crippen molar-refractivity contribution in [2.45, 2.75) is 45.3 Å². The van der Waals surface area contributed by atoms with E-state index in [0.717, 1.165) is 35.2 Å². The molecule has 0 N–H and O–H groups in total. The molecule has 0 saturated heterocycles. The standard InChI is InChI=1S/C27H27BrF3N3O3/c1-3-37-25(35)23-18(2)34(22-9-7-8-21(16-22)27(29,30)31)26(36)33(15-6-4-5-14-28)24(23)20-12-10-19(17-32)11-13-20/h7-13,16,24H,3-6,14-15H2,1-2H3/t24-/m1/s1. The molecule has 3 rings (SSSR count). The minimum absolute atomic E-state index is 0.00265. The Morgan fingerprint density at radius 3 is 2.43 bits per heavy atom. The van der Waals surface area contributed by atoms with Gasteiger partial charge in [0.1, 0.15) is 0 Å². The summed E-state index contributed by atoms with van der Waals surface area (Å²) in [6.45, 7) is 3.53. The number of hydrogen-bond donors (Lipinski definition) is 0. The average molecular weight is 578 g/mol. The smallest absolute Gasteiger partial charge is 0.416 e. The highest BCUT2D eigenvalue weighted by molar-refractivity contribution is 9.09. The first-order valence-electron chi connectivity index (χ1n) is 11.9. The van der Waals surface area contributed by atoms with E-state index in [1.165, 1.54) is 24.0 Å². The van der Waals surface area contributed by atoms with Crippen LogP contribution in [-0.4, -0.2) is 35.4 Å². The Hall–Kier alpha value is -3.32. The number of alkyl halides is 4. The number of esters is 1. The van der Waals surface area contributed by atoms with E-state index in [1.54, 1.807) is 31.2 Å². The van der Waals surface area contributed by atoms with Crippen LogP contribution in [0.3, 0.4) is 0 Å². The van der Waals surface area contributed by atoms with Crippen molar-refractivity contribution in [3.05, 3.63) is 76.5 Å². The predicted octanol–water partition coefficient (Wildman–Crippen LogP) is 6.96. The topological polar surface area (TPSA) is 73.6 Å². The maximum absolute atomic E-state index is 13.9. The summed E-state index contributed by atoms with van der Waals surface area (Å²) in [6.07, 6.45) is -2.30. The van der Waals surface area contributed by atoms with Crippen LogP contribution in [0.15, 0.2) is 59.8 Å². The second-order valence-corrected chi connectivity index (χ2v) is 9.26. The number of unbranched alkanes of at least 4 members (excludes halogenated alkanes) is 2. The molecule has 0 fully saturated rings. The Kier molecular flexibility index (Phi) is 9.38. The number of urea groups is 1. The first-order valence-corrected chi connectivity index (χ1v) is 13.0. The van der Waals surface area contributed by atoms with E-state index in [1.807, 2.05) is 6.07 Å². The van der Waals surface area contributed by atoms with Crippen molar-refractivity contribution in [3.8, 4) is 6.07 Å². The van der Waals surface area contributed by atoms with E-state index in [4.69, 9.17) is 4.74 Å². The van der Waals surface area contributed by atoms with Gasteiger partial charge in [0.25, 0.3) is 0 Å². The fourth-order valence-corrected chi connectivity index (χ4v) is 4.71. The summed E-state index contributed by atoms with van der Waals surface area (Å²) in [6, 6.07) is 11.7. The van der Waals surface area contributed by atoms with Crippen molar-refractivity contribution in [1.82, 2.24) is 4.90 Å². The molecule has 0 unspecified atom stereocenters. The lowest BCUT2D eigenvalue weighted by molar-refractivity contribution is -0.139. The Bertz CT molecular complexity index is 1210. The van der Waals surface area contributed by atoms with E-state index >= 15 is 0 Å². The van der Waals surface area contributed by atoms with Crippen molar-refractivity contribution in [2.24, 2.45) is 0 Å². The lowest BCUT2D eigenvalue weighted by Crippen LogP contribution is -2.51. The van der Waals surface area contributed by atoms with Crippen molar-refractivity contribution in [1.29, 1.82) is 5.26 Å². The highest BCUT2D eigenvalue weighted by Crippen LogP contribution is 2.41. The molecule has 0 aromatic heterocycles. The van der Waals surface area contributed by atoms with Crippen LogP contribution in [0.25, 0.3) is 0 Å². The molecule has 0 radical (unpaired) electrons. The minimum Gasteiger partial charge on any atom is -0.463 e. The summed E-state index contributed by atoms with van der Waals surface area (Å²) >= 11 is 3.39. The molecule has 2 aromatic carbocycles. The second-order valence-electron chi connectivity index (χ2n) is 8.47. The van der Waals surface area contributed by atoms with Crippen LogP contribution in [-0.2, 0) is 15.7 Å². The molecule has 2 amide bonds. The number of hydrogen-bond acceptors (Lipinski definition) is 4. The van der Waals surface area contributed by atoms with E-state index in [-0.39, 0.29) is 30.1 Å². The number of carbonyl (C=O) groups excluding carboxylic acids is 2. The number of anilines is 1. The molecule has 1 aliphatic rings. The maximum Gasteiger partial charge on any atom is 0.416 e. The molecule has 1 aliphatic heterocycles. The SMILES string of the molecule is CCOC(=O)C1=C(C)N(c2cccc(C(F)(F)F)c2)C(=O)N(CCCCCBr)[C@@H]1c1ccc(C#N)cc1. The van der Waals surface area contributed by atoms with E-state index in [2.05, 4.69) is 15.9 Å². The number of benzene rings is 2. The number of nitriles is 1. The van der Waals surface area contributed by atoms with Crippen molar-refractivity contribution in [3.63, 3.8) is 0 Å². The van der Waals surface area contributed by atoms with Crippen molar-refractivity contribution >= 4 is 33.6 Å². The third kappa shape index (κ3) is 6.34. The molecule has 1 heterocycles. The Balaban J connectivity index is 2.21. The van der Waals surface area contributed by atoms with Gasteiger partial charge < -0.3 is 9.64 Å². The number of ether oxygens (including phenoxy) is 1. The summed E-state index contributed by atoms with van der Waals surface area (Å²) < 4.78 is 45.7. The van der Waals surface area contributed by atoms with Gasteiger partial charge >= 0.3 is 18.2 Å². The second kappa shape index (κ2) is 12.3. The highest BCUT2D eigenvalue weighted by Gasteiger charge is 2.43. The van der Waals surface area contributed by atoms with Crippen molar-refractivity contribution in [2.75, 3.05) is 23.4 Å². The molecule has 0 spiro atoms. The number of rotatable bonds is 9. The molecule has 2 aromatic rings. The summed E-state index contributed by atoms with van der Waals surface area (Å²) in [4.78, 5) is 29.8. The lowest BCUT2D eigenvalue weighted by Gasteiger charge is -2.43. The number of carbonyl (C=O) groups is 2. The Morgan fingerprint density at radius 2 is 1.84 bits per heavy atom. The van der Waals surface area contributed by atoms with Crippen LogP contribution in [0.1, 0.15) is 55.8 Å². The molecule has 0 aliphatic carbocycles. The van der Waals surface area contributed by atoms with Gasteiger partial charge in [0.15, 0.2) is 0 Å². The predicted molar refractivity (Wildman–Crippen MR) is 137 cm³/mol. The summed E-state index contributed by atoms with van der Waals surface area (Å²) in [7, 11) is 0. The minimum atomic E-state index is -4.60. The zero-order chi connectivity index (χ0) is 27.2. The lowest BCUT2D eigenvalue weighted by atomic mass is 9.92. The summed E-state index contributed by atoms with van der Waals surface area (Å²) in [5.41, 5.74) is 0.458. The Labute approximate surface area is 222 Å². The zero-order valence-electron chi connectivity index (χ0n) is 20.5. The molecule has 37 heavy (non-hydrogen) atoms. The first-order chi connectivity index (χ1) is 17.6. The zero-order valence-corrected chi connectivity index (χ0v) is 22.1. The monoisotopic (exact) mass is 577 g/mol. The summed E-state index contributed by atoms with van der Waals surface area (Å²) in [5, 5.41) is 10.00. The van der Waals surface area contributed by atoms with E-state index in [0.29, 0.717) is 17.5 Å². The van der Waals surface area contributed by atoms with Gasteiger partial charge in [0.2, 0.25) is 0 Å². The highest BCUT2D eigenvalue weighted by atomic mass is 79.9. The average Bonchev–Trinajstić information content (AvgIpc) is 2.87. The molecular formula is C27H27BrF3N3O3.